The van der Waals surface area contributed by atoms with Crippen molar-refractivity contribution in [1.29, 1.82) is 0 Å². The van der Waals surface area contributed by atoms with Crippen molar-refractivity contribution in [1.82, 2.24) is 5.32 Å². The van der Waals surface area contributed by atoms with Crippen LogP contribution in [-0.2, 0) is 41.1 Å². The van der Waals surface area contributed by atoms with E-state index in [1.165, 1.54) is 34.4 Å². The SMILES string of the molecule is CC(C)(CNC(=O)OC1CC/C=C/CCC1)SSCOC1C[C@H](C2CCCCCCCC2)O[C@@H]1COP(=O)(O)OP(=O)(O)OP(=O)(O)O. The van der Waals surface area contributed by atoms with Crippen molar-refractivity contribution < 1.29 is 65.4 Å². The Morgan fingerprint density at radius 3 is 2.25 bits per heavy atom. The normalized spacial score (nSPS) is 28.5. The van der Waals surface area contributed by atoms with E-state index in [-0.39, 0.29) is 28.8 Å². The predicted octanol–water partition coefficient (Wildman–Crippen LogP) is 7.36. The van der Waals surface area contributed by atoms with Crippen molar-refractivity contribution in [2.45, 2.75) is 133 Å². The molecule has 1 saturated heterocycles. The highest BCUT2D eigenvalue weighted by Crippen LogP contribution is 2.66. The second-order valence-electron chi connectivity index (χ2n) is 12.9. The summed E-state index contributed by atoms with van der Waals surface area (Å²) < 4.78 is 65.5. The smallest absolute Gasteiger partial charge is 0.446 e. The van der Waals surface area contributed by atoms with E-state index in [2.05, 4.69) is 26.1 Å². The minimum atomic E-state index is -5.64. The van der Waals surface area contributed by atoms with Gasteiger partial charge in [0.1, 0.15) is 18.1 Å². The van der Waals surface area contributed by atoms with Gasteiger partial charge in [-0.1, -0.05) is 72.3 Å². The zero-order valence-electron chi connectivity index (χ0n) is 27.6. The number of nitrogens with one attached hydrogen (secondary N) is 1. The second kappa shape index (κ2) is 20.3. The Labute approximate surface area is 291 Å². The minimum absolute atomic E-state index is 0.0951. The van der Waals surface area contributed by atoms with Crippen LogP contribution in [-0.4, -0.2) is 73.9 Å². The molecule has 0 spiro atoms. The summed E-state index contributed by atoms with van der Waals surface area (Å²) in [5, 5.41) is 2.87. The lowest BCUT2D eigenvalue weighted by Gasteiger charge is -2.25. The Bertz CT molecular complexity index is 1160. The maximum absolute atomic E-state index is 12.5. The molecule has 0 aromatic carbocycles. The number of rotatable bonds is 16. The third-order valence-corrected chi connectivity index (χ3v) is 15.0. The van der Waals surface area contributed by atoms with E-state index in [1.807, 2.05) is 13.8 Å². The van der Waals surface area contributed by atoms with Crippen LogP contribution in [0.15, 0.2) is 12.2 Å². The van der Waals surface area contributed by atoms with Gasteiger partial charge in [0, 0.05) is 17.7 Å². The van der Waals surface area contributed by atoms with E-state index in [1.54, 1.807) is 0 Å². The molecule has 0 radical (unpaired) electrons. The molecule has 6 atom stereocenters. The number of ether oxygens (including phenoxy) is 3. The molecule has 1 aliphatic heterocycles. The third kappa shape index (κ3) is 17.5. The standard InChI is InChI=1S/C28H52NO14P3S2/c1-28(2,20-29-27(30)40-23-16-12-8-5-9-13-17-23)48-47-21-38-25-18-24(22-14-10-6-3-4-7-11-15-22)41-26(25)19-39-45(34,35)43-46(36,37)42-44(31,32)33/h5,8,22-26H,3-4,6-7,9-21H2,1-2H3,(H,29,30)(H,34,35)(H,36,37)(H2,31,32,33)/b8-5+/t23?,24-,25?,26-/m1/s1. The van der Waals surface area contributed by atoms with Crippen LogP contribution < -0.4 is 5.32 Å². The van der Waals surface area contributed by atoms with Gasteiger partial charge in [0.2, 0.25) is 0 Å². The number of carbonyl (C=O) groups is 1. The first-order chi connectivity index (χ1) is 22.5. The van der Waals surface area contributed by atoms with Gasteiger partial charge in [-0.15, -0.1) is 0 Å². The largest absolute Gasteiger partial charge is 0.490 e. The number of amides is 1. The van der Waals surface area contributed by atoms with Crippen LogP contribution in [0.3, 0.4) is 0 Å². The van der Waals surface area contributed by atoms with Crippen molar-refractivity contribution in [3.63, 3.8) is 0 Å². The average Bonchev–Trinajstić information content (AvgIpc) is 3.41. The maximum atomic E-state index is 12.5. The molecule has 1 amide bonds. The third-order valence-electron chi connectivity index (χ3n) is 8.24. The molecule has 2 fully saturated rings. The molecule has 15 nitrogen and oxygen atoms in total. The molecule has 3 aliphatic rings. The monoisotopic (exact) mass is 783 g/mol. The highest BCUT2D eigenvalue weighted by Gasteiger charge is 2.44. The van der Waals surface area contributed by atoms with Gasteiger partial charge in [-0.3, -0.25) is 4.52 Å². The zero-order chi connectivity index (χ0) is 35.3. The van der Waals surface area contributed by atoms with Gasteiger partial charge in [0.25, 0.3) is 0 Å². The van der Waals surface area contributed by atoms with Gasteiger partial charge in [0.05, 0.1) is 18.8 Å². The van der Waals surface area contributed by atoms with Crippen molar-refractivity contribution in [3.05, 3.63) is 12.2 Å². The fourth-order valence-electron chi connectivity index (χ4n) is 5.93. The van der Waals surface area contributed by atoms with Crippen molar-refractivity contribution >= 4 is 51.1 Å². The van der Waals surface area contributed by atoms with E-state index < -0.39 is 48.4 Å². The van der Waals surface area contributed by atoms with Crippen LogP contribution in [0.25, 0.3) is 0 Å². The molecule has 2 aliphatic carbocycles. The molecule has 4 unspecified atom stereocenters. The van der Waals surface area contributed by atoms with Gasteiger partial charge in [-0.25, -0.2) is 18.5 Å². The van der Waals surface area contributed by atoms with E-state index in [4.69, 9.17) is 28.5 Å². The van der Waals surface area contributed by atoms with Crippen LogP contribution >= 0.6 is 45.1 Å². The lowest BCUT2D eigenvalue weighted by molar-refractivity contribution is -0.0498. The van der Waals surface area contributed by atoms with Crippen molar-refractivity contribution in [2.75, 3.05) is 19.1 Å². The zero-order valence-corrected chi connectivity index (χ0v) is 31.9. The Morgan fingerprint density at radius 2 is 1.56 bits per heavy atom. The highest BCUT2D eigenvalue weighted by molar-refractivity contribution is 8.77. The van der Waals surface area contributed by atoms with E-state index in [0.717, 1.165) is 70.6 Å². The second-order valence-corrected chi connectivity index (χ2v) is 20.3. The number of alkyl carbamates (subject to hydrolysis) is 1. The molecule has 0 aromatic heterocycles. The number of phosphoric acid groups is 3. The number of hydrogen-bond acceptors (Lipinski definition) is 12. The Balaban J connectivity index is 1.52. The summed E-state index contributed by atoms with van der Waals surface area (Å²) in [5.74, 6) is 0.488. The Hall–Kier alpha value is 0.0400. The van der Waals surface area contributed by atoms with Gasteiger partial charge in [0.15, 0.2) is 0 Å². The van der Waals surface area contributed by atoms with E-state index in [0.29, 0.717) is 13.0 Å². The Morgan fingerprint density at radius 1 is 0.896 bits per heavy atom. The number of phosphoric ester groups is 1. The first-order valence-electron chi connectivity index (χ1n) is 16.5. The molecule has 20 heteroatoms. The van der Waals surface area contributed by atoms with Crippen LogP contribution in [0, 0.1) is 5.92 Å². The highest BCUT2D eigenvalue weighted by atomic mass is 33.1. The predicted molar refractivity (Wildman–Crippen MR) is 183 cm³/mol. The molecule has 0 bridgehead atoms. The van der Waals surface area contributed by atoms with E-state index >= 15 is 0 Å². The summed E-state index contributed by atoms with van der Waals surface area (Å²) in [6.45, 7) is 3.80. The Kier molecular flexibility index (Phi) is 18.0. The quantitative estimate of drug-likeness (QED) is 0.0340. The minimum Gasteiger partial charge on any atom is -0.446 e. The first kappa shape index (κ1) is 42.5. The molecule has 5 N–H and O–H groups in total. The van der Waals surface area contributed by atoms with Crippen LogP contribution in [0.4, 0.5) is 4.79 Å². The molecule has 280 valence electrons. The van der Waals surface area contributed by atoms with Crippen molar-refractivity contribution in [2.24, 2.45) is 5.92 Å². The molecular formula is C28H52NO14P3S2. The fraction of sp³-hybridized carbons (Fsp3) is 0.893. The topological polar surface area (TPSA) is 217 Å². The molecular weight excluding hydrogens is 731 g/mol. The van der Waals surface area contributed by atoms with Gasteiger partial charge in [-0.05, 0) is 64.7 Å². The molecule has 0 aromatic rings. The van der Waals surface area contributed by atoms with E-state index in [9.17, 15) is 28.3 Å². The number of allylic oxidation sites excluding steroid dienone is 2. The average molecular weight is 784 g/mol. The van der Waals surface area contributed by atoms with Crippen LogP contribution in [0.2, 0.25) is 0 Å². The number of hydrogen-bond donors (Lipinski definition) is 5. The summed E-state index contributed by atoms with van der Waals surface area (Å²) in [5.41, 5.74) is 0. The van der Waals surface area contributed by atoms with Crippen molar-refractivity contribution in [3.8, 4) is 0 Å². The first-order valence-corrected chi connectivity index (χ1v) is 23.3. The molecule has 1 saturated carbocycles. The summed E-state index contributed by atoms with van der Waals surface area (Å²) in [7, 11) is -13.5. The maximum Gasteiger partial charge on any atom is 0.490 e. The molecule has 1 heterocycles. The molecule has 48 heavy (non-hydrogen) atoms. The summed E-state index contributed by atoms with van der Waals surface area (Å²) in [6.07, 6.45) is 16.0. The summed E-state index contributed by atoms with van der Waals surface area (Å²) in [4.78, 5) is 49.5. The lowest BCUT2D eigenvalue weighted by atomic mass is 9.89. The van der Waals surface area contributed by atoms with Crippen LogP contribution in [0.5, 0.6) is 0 Å². The fourth-order valence-corrected chi connectivity index (χ4v) is 11.1. The van der Waals surface area contributed by atoms with Gasteiger partial charge >= 0.3 is 29.6 Å². The van der Waals surface area contributed by atoms with Gasteiger partial charge < -0.3 is 39.1 Å². The number of carbonyl (C=O) groups excluding carboxylic acids is 1. The van der Waals surface area contributed by atoms with Crippen LogP contribution in [0.1, 0.15) is 104 Å². The summed E-state index contributed by atoms with van der Waals surface area (Å²) in [6, 6.07) is 0. The summed E-state index contributed by atoms with van der Waals surface area (Å²) >= 11 is 0. The lowest BCUT2D eigenvalue weighted by Crippen LogP contribution is -2.38. The molecule has 3 rings (SSSR count). The van der Waals surface area contributed by atoms with Gasteiger partial charge in [-0.2, -0.15) is 8.62 Å².